The monoisotopic (exact) mass is 445 g/mol. The molecule has 1 aliphatic rings. The first-order valence-electron chi connectivity index (χ1n) is 11.7. The van der Waals surface area contributed by atoms with Gasteiger partial charge in [-0.25, -0.2) is 0 Å². The highest BCUT2D eigenvalue weighted by molar-refractivity contribution is 5.79. The summed E-state index contributed by atoms with van der Waals surface area (Å²) in [6.45, 7) is 6.28. The lowest BCUT2D eigenvalue weighted by Crippen LogP contribution is -2.49. The van der Waals surface area contributed by atoms with E-state index in [1.165, 1.54) is 16.7 Å². The molecule has 6 nitrogen and oxygen atoms in total. The molecule has 0 saturated carbocycles. The van der Waals surface area contributed by atoms with E-state index in [4.69, 9.17) is 9.52 Å². The van der Waals surface area contributed by atoms with E-state index < -0.39 is 5.97 Å². The first-order chi connectivity index (χ1) is 16.1. The summed E-state index contributed by atoms with van der Waals surface area (Å²) in [5.74, 6) is 0.105. The van der Waals surface area contributed by atoms with E-state index in [2.05, 4.69) is 53.2 Å². The van der Waals surface area contributed by atoms with Gasteiger partial charge in [0, 0.05) is 31.3 Å². The van der Waals surface area contributed by atoms with Crippen molar-refractivity contribution in [1.82, 2.24) is 15.1 Å². The Hall–Kier alpha value is -3.25. The zero-order valence-electron chi connectivity index (χ0n) is 19.3. The number of hydrogen-bond acceptors (Lipinski definition) is 5. The molecule has 1 N–H and O–H groups in total. The van der Waals surface area contributed by atoms with Gasteiger partial charge in [-0.2, -0.15) is 0 Å². The minimum atomic E-state index is -0.706. The molecule has 0 spiro atoms. The Morgan fingerprint density at radius 1 is 1.15 bits per heavy atom. The Balaban J connectivity index is 1.52. The predicted molar refractivity (Wildman–Crippen MR) is 129 cm³/mol. The SMILES string of the molecule is CCCC/C(=C/c1nnc(-c2ccc(CN3CC(C(=O)O)C3)cc2CC)o1)c1ccccc1. The summed E-state index contributed by atoms with van der Waals surface area (Å²) in [5, 5.41) is 17.7. The molecule has 4 rings (SSSR count). The Labute approximate surface area is 195 Å². The van der Waals surface area contributed by atoms with E-state index in [0.717, 1.165) is 43.4 Å². The molecule has 0 amide bonds. The standard InChI is InChI=1S/C27H31N3O3/c1-3-5-9-22(21-10-7-6-8-11-21)15-25-28-29-26(33-25)24-13-12-19(14-20(24)4-2)16-30-17-23(18-30)27(31)32/h6-8,10-15,23H,3-5,9,16-18H2,1-2H3,(H,31,32)/b22-15-. The number of carboxylic acids is 1. The number of hydrogen-bond donors (Lipinski definition) is 1. The van der Waals surface area contributed by atoms with Gasteiger partial charge in [-0.05, 0) is 47.6 Å². The van der Waals surface area contributed by atoms with Crippen LogP contribution in [0.15, 0.2) is 52.9 Å². The van der Waals surface area contributed by atoms with Crippen LogP contribution in [0.25, 0.3) is 23.1 Å². The fourth-order valence-electron chi connectivity index (χ4n) is 4.23. The van der Waals surface area contributed by atoms with Crippen LogP contribution in [0, 0.1) is 5.92 Å². The van der Waals surface area contributed by atoms with Crippen LogP contribution in [0.1, 0.15) is 55.7 Å². The summed E-state index contributed by atoms with van der Waals surface area (Å²) in [7, 11) is 0. The molecule has 0 aliphatic carbocycles. The quantitative estimate of drug-likeness (QED) is 0.441. The van der Waals surface area contributed by atoms with Crippen LogP contribution < -0.4 is 0 Å². The summed E-state index contributed by atoms with van der Waals surface area (Å²) < 4.78 is 6.06. The second kappa shape index (κ2) is 10.6. The zero-order valence-corrected chi connectivity index (χ0v) is 19.3. The van der Waals surface area contributed by atoms with Gasteiger partial charge in [0.05, 0.1) is 5.92 Å². The van der Waals surface area contributed by atoms with Crippen molar-refractivity contribution < 1.29 is 14.3 Å². The van der Waals surface area contributed by atoms with E-state index in [9.17, 15) is 4.79 Å². The molecule has 1 aromatic heterocycles. The van der Waals surface area contributed by atoms with Gasteiger partial charge >= 0.3 is 5.97 Å². The fraction of sp³-hybridized carbons (Fsp3) is 0.370. The second-order valence-corrected chi connectivity index (χ2v) is 8.66. The third-order valence-corrected chi connectivity index (χ3v) is 6.18. The number of aromatic nitrogens is 2. The summed E-state index contributed by atoms with van der Waals surface area (Å²) in [6.07, 6.45) is 6.05. The third-order valence-electron chi connectivity index (χ3n) is 6.18. The fourth-order valence-corrected chi connectivity index (χ4v) is 4.23. The van der Waals surface area contributed by atoms with E-state index >= 15 is 0 Å². The van der Waals surface area contributed by atoms with Crippen molar-refractivity contribution in [1.29, 1.82) is 0 Å². The van der Waals surface area contributed by atoms with E-state index in [-0.39, 0.29) is 5.92 Å². The molecule has 0 atom stereocenters. The Morgan fingerprint density at radius 3 is 2.64 bits per heavy atom. The van der Waals surface area contributed by atoms with Crippen LogP contribution in [0.4, 0.5) is 0 Å². The first kappa shape index (κ1) is 22.9. The van der Waals surface area contributed by atoms with Crippen LogP contribution in [-0.2, 0) is 17.8 Å². The number of allylic oxidation sites excluding steroid dienone is 1. The number of aliphatic carboxylic acids is 1. The van der Waals surface area contributed by atoms with E-state index in [0.29, 0.717) is 24.9 Å². The molecular weight excluding hydrogens is 414 g/mol. The Bertz CT molecular complexity index is 1110. The van der Waals surface area contributed by atoms with Gasteiger partial charge < -0.3 is 9.52 Å². The van der Waals surface area contributed by atoms with Gasteiger partial charge in [-0.1, -0.05) is 62.7 Å². The molecule has 2 heterocycles. The Kier molecular flexibility index (Phi) is 7.35. The van der Waals surface area contributed by atoms with Gasteiger partial charge in [-0.15, -0.1) is 10.2 Å². The minimum absolute atomic E-state index is 0.238. The highest BCUT2D eigenvalue weighted by atomic mass is 16.4. The minimum Gasteiger partial charge on any atom is -0.481 e. The van der Waals surface area contributed by atoms with Crippen LogP contribution in [0.2, 0.25) is 0 Å². The normalized spacial score (nSPS) is 14.9. The number of benzene rings is 2. The number of rotatable bonds is 10. The summed E-state index contributed by atoms with van der Waals surface area (Å²) >= 11 is 0. The molecule has 1 fully saturated rings. The highest BCUT2D eigenvalue weighted by Crippen LogP contribution is 2.28. The maximum Gasteiger partial charge on any atom is 0.309 e. The lowest BCUT2D eigenvalue weighted by atomic mass is 9.97. The maximum absolute atomic E-state index is 11.0. The Morgan fingerprint density at radius 2 is 1.94 bits per heavy atom. The number of nitrogens with zero attached hydrogens (tertiary/aromatic N) is 3. The molecule has 172 valence electrons. The van der Waals surface area contributed by atoms with Crippen molar-refractivity contribution in [2.75, 3.05) is 13.1 Å². The lowest BCUT2D eigenvalue weighted by molar-refractivity contribution is -0.147. The molecule has 0 unspecified atom stereocenters. The molecule has 1 aliphatic heterocycles. The van der Waals surface area contributed by atoms with Crippen molar-refractivity contribution in [3.05, 3.63) is 71.1 Å². The van der Waals surface area contributed by atoms with Crippen molar-refractivity contribution >= 4 is 17.6 Å². The highest BCUT2D eigenvalue weighted by Gasteiger charge is 2.32. The summed E-state index contributed by atoms with van der Waals surface area (Å²) in [6, 6.07) is 16.6. The zero-order chi connectivity index (χ0) is 23.2. The maximum atomic E-state index is 11.0. The molecule has 0 radical (unpaired) electrons. The number of carbonyl (C=O) groups is 1. The molecule has 6 heteroatoms. The van der Waals surface area contributed by atoms with Gasteiger partial charge in [0.2, 0.25) is 11.8 Å². The number of aryl methyl sites for hydroxylation is 1. The van der Waals surface area contributed by atoms with Crippen LogP contribution in [0.3, 0.4) is 0 Å². The average Bonchev–Trinajstić information content (AvgIpc) is 3.27. The number of unbranched alkanes of at least 4 members (excludes halogenated alkanes) is 1. The van der Waals surface area contributed by atoms with Gasteiger partial charge in [0.1, 0.15) is 0 Å². The van der Waals surface area contributed by atoms with Crippen molar-refractivity contribution in [3.8, 4) is 11.5 Å². The molecule has 3 aromatic rings. The summed E-state index contributed by atoms with van der Waals surface area (Å²) in [4.78, 5) is 13.2. The van der Waals surface area contributed by atoms with Gasteiger partial charge in [-0.3, -0.25) is 9.69 Å². The second-order valence-electron chi connectivity index (χ2n) is 8.66. The van der Waals surface area contributed by atoms with Crippen molar-refractivity contribution in [3.63, 3.8) is 0 Å². The van der Waals surface area contributed by atoms with E-state index in [1.807, 2.05) is 30.3 Å². The number of carboxylic acid groups (broad SMARTS) is 1. The summed E-state index contributed by atoms with van der Waals surface area (Å²) in [5.41, 5.74) is 5.66. The molecule has 1 saturated heterocycles. The van der Waals surface area contributed by atoms with E-state index in [1.54, 1.807) is 0 Å². The largest absolute Gasteiger partial charge is 0.481 e. The topological polar surface area (TPSA) is 79.5 Å². The molecular formula is C27H31N3O3. The average molecular weight is 446 g/mol. The van der Waals surface area contributed by atoms with Crippen LogP contribution >= 0.6 is 0 Å². The number of likely N-dealkylation sites (tertiary alicyclic amines) is 1. The smallest absolute Gasteiger partial charge is 0.309 e. The molecule has 2 aromatic carbocycles. The first-order valence-corrected chi connectivity index (χ1v) is 11.7. The molecule has 33 heavy (non-hydrogen) atoms. The predicted octanol–water partition coefficient (Wildman–Crippen LogP) is 5.55. The van der Waals surface area contributed by atoms with Crippen LogP contribution in [-0.4, -0.2) is 39.3 Å². The lowest BCUT2D eigenvalue weighted by Gasteiger charge is -2.36. The third kappa shape index (κ3) is 5.57. The molecule has 0 bridgehead atoms. The van der Waals surface area contributed by atoms with Gasteiger partial charge in [0.25, 0.3) is 0 Å². The van der Waals surface area contributed by atoms with Crippen molar-refractivity contribution in [2.24, 2.45) is 5.92 Å². The van der Waals surface area contributed by atoms with Crippen LogP contribution in [0.5, 0.6) is 0 Å². The van der Waals surface area contributed by atoms with Crippen molar-refractivity contribution in [2.45, 2.75) is 46.1 Å². The van der Waals surface area contributed by atoms with Gasteiger partial charge in [0.15, 0.2) is 0 Å².